The largest absolute Gasteiger partial charge is 0.453 e. The van der Waals surface area contributed by atoms with E-state index in [1.165, 1.54) is 7.11 Å². The summed E-state index contributed by atoms with van der Waals surface area (Å²) in [5.74, 6) is 0.687. The summed E-state index contributed by atoms with van der Waals surface area (Å²) in [5.41, 5.74) is 0. The van der Waals surface area contributed by atoms with Gasteiger partial charge in [0.25, 0.3) is 0 Å². The van der Waals surface area contributed by atoms with E-state index in [9.17, 15) is 4.79 Å². The van der Waals surface area contributed by atoms with Crippen LogP contribution in [-0.2, 0) is 4.74 Å². The molecule has 1 saturated heterocycles. The van der Waals surface area contributed by atoms with Gasteiger partial charge in [-0.15, -0.1) is 0 Å². The Balaban J connectivity index is 2.23. The van der Waals surface area contributed by atoms with Crippen molar-refractivity contribution in [2.75, 3.05) is 26.7 Å². The normalized spacial score (nSPS) is 22.7. The smallest absolute Gasteiger partial charge is 0.407 e. The number of methoxy groups -OCH3 is 1. The SMILES string of the molecule is COC(=O)N[C@H]1CCN(CC(C)C)C1. The Bertz CT molecular complexity index is 195. The number of rotatable bonds is 3. The fourth-order valence-electron chi connectivity index (χ4n) is 1.86. The topological polar surface area (TPSA) is 41.6 Å². The summed E-state index contributed by atoms with van der Waals surface area (Å²) >= 11 is 0. The molecule has 1 fully saturated rings. The molecule has 0 saturated carbocycles. The first-order valence-corrected chi connectivity index (χ1v) is 5.18. The zero-order valence-electron chi connectivity index (χ0n) is 9.25. The van der Waals surface area contributed by atoms with Crippen molar-refractivity contribution in [1.29, 1.82) is 0 Å². The van der Waals surface area contributed by atoms with Crippen LogP contribution in [0.15, 0.2) is 0 Å². The maximum atomic E-state index is 10.9. The minimum absolute atomic E-state index is 0.265. The molecule has 0 aromatic rings. The fraction of sp³-hybridized carbons (Fsp3) is 0.900. The lowest BCUT2D eigenvalue weighted by Crippen LogP contribution is -2.37. The molecule has 4 heteroatoms. The maximum absolute atomic E-state index is 10.9. The molecule has 82 valence electrons. The van der Waals surface area contributed by atoms with E-state index < -0.39 is 0 Å². The van der Waals surface area contributed by atoms with E-state index in [0.29, 0.717) is 5.92 Å². The zero-order valence-corrected chi connectivity index (χ0v) is 9.25. The van der Waals surface area contributed by atoms with Crippen molar-refractivity contribution in [3.63, 3.8) is 0 Å². The van der Waals surface area contributed by atoms with Crippen molar-refractivity contribution in [3.8, 4) is 0 Å². The number of amides is 1. The summed E-state index contributed by atoms with van der Waals surface area (Å²) in [6.45, 7) is 7.56. The van der Waals surface area contributed by atoms with Crippen LogP contribution in [0.3, 0.4) is 0 Å². The van der Waals surface area contributed by atoms with Crippen molar-refractivity contribution in [2.24, 2.45) is 5.92 Å². The molecule has 0 aromatic heterocycles. The van der Waals surface area contributed by atoms with Gasteiger partial charge < -0.3 is 15.0 Å². The predicted octanol–water partition coefficient (Wildman–Crippen LogP) is 1.07. The van der Waals surface area contributed by atoms with E-state index in [1.54, 1.807) is 0 Å². The van der Waals surface area contributed by atoms with E-state index in [1.807, 2.05) is 0 Å². The lowest BCUT2D eigenvalue weighted by atomic mass is 10.2. The Kier molecular flexibility index (Phi) is 4.20. The van der Waals surface area contributed by atoms with Crippen molar-refractivity contribution < 1.29 is 9.53 Å². The molecule has 0 radical (unpaired) electrons. The molecule has 0 aromatic carbocycles. The molecule has 1 rings (SSSR count). The van der Waals surface area contributed by atoms with Crippen LogP contribution in [0.5, 0.6) is 0 Å². The molecule has 0 aliphatic carbocycles. The minimum atomic E-state index is -0.318. The molecule has 0 spiro atoms. The minimum Gasteiger partial charge on any atom is -0.453 e. The number of nitrogens with zero attached hydrogens (tertiary/aromatic N) is 1. The summed E-state index contributed by atoms with van der Waals surface area (Å²) in [7, 11) is 1.40. The summed E-state index contributed by atoms with van der Waals surface area (Å²) in [5, 5.41) is 2.83. The number of hydrogen-bond acceptors (Lipinski definition) is 3. The number of carbonyl (C=O) groups excluding carboxylic acids is 1. The van der Waals surface area contributed by atoms with Crippen LogP contribution in [0, 0.1) is 5.92 Å². The number of likely N-dealkylation sites (tertiary alicyclic amines) is 1. The van der Waals surface area contributed by atoms with Crippen LogP contribution in [0.4, 0.5) is 4.79 Å². The highest BCUT2D eigenvalue weighted by molar-refractivity contribution is 5.67. The number of ether oxygens (including phenoxy) is 1. The molecular formula is C10H20N2O2. The fourth-order valence-corrected chi connectivity index (χ4v) is 1.86. The van der Waals surface area contributed by atoms with E-state index in [4.69, 9.17) is 0 Å². The van der Waals surface area contributed by atoms with Gasteiger partial charge in [-0.2, -0.15) is 0 Å². The third-order valence-electron chi connectivity index (χ3n) is 2.40. The first kappa shape index (κ1) is 11.3. The van der Waals surface area contributed by atoms with E-state index in [-0.39, 0.29) is 12.1 Å². The maximum Gasteiger partial charge on any atom is 0.407 e. The number of alkyl carbamates (subject to hydrolysis) is 1. The molecule has 1 atom stereocenters. The standard InChI is InChI=1S/C10H20N2O2/c1-8(2)6-12-5-4-9(7-12)11-10(13)14-3/h8-9H,4-7H2,1-3H3,(H,11,13)/t9-/m0/s1. The second-order valence-corrected chi connectivity index (χ2v) is 4.27. The highest BCUT2D eigenvalue weighted by Crippen LogP contribution is 2.11. The Morgan fingerprint density at radius 3 is 2.93 bits per heavy atom. The highest BCUT2D eigenvalue weighted by Gasteiger charge is 2.23. The number of hydrogen-bond donors (Lipinski definition) is 1. The first-order valence-electron chi connectivity index (χ1n) is 5.18. The average Bonchev–Trinajstić information content (AvgIpc) is 2.51. The van der Waals surface area contributed by atoms with Crippen molar-refractivity contribution in [2.45, 2.75) is 26.3 Å². The molecule has 4 nitrogen and oxygen atoms in total. The van der Waals surface area contributed by atoms with Crippen molar-refractivity contribution in [1.82, 2.24) is 10.2 Å². The van der Waals surface area contributed by atoms with Crippen LogP contribution >= 0.6 is 0 Å². The third-order valence-corrected chi connectivity index (χ3v) is 2.40. The summed E-state index contributed by atoms with van der Waals surface area (Å²) in [4.78, 5) is 13.3. The van der Waals surface area contributed by atoms with Gasteiger partial charge in [-0.1, -0.05) is 13.8 Å². The number of carbonyl (C=O) groups is 1. The molecule has 14 heavy (non-hydrogen) atoms. The molecule has 1 amide bonds. The van der Waals surface area contributed by atoms with Gasteiger partial charge >= 0.3 is 6.09 Å². The van der Waals surface area contributed by atoms with Crippen LogP contribution in [-0.4, -0.2) is 43.8 Å². The molecular weight excluding hydrogens is 180 g/mol. The van der Waals surface area contributed by atoms with Crippen molar-refractivity contribution >= 4 is 6.09 Å². The van der Waals surface area contributed by atoms with Gasteiger partial charge in [-0.05, 0) is 12.3 Å². The summed E-state index contributed by atoms with van der Waals surface area (Å²) < 4.78 is 4.56. The monoisotopic (exact) mass is 200 g/mol. The molecule has 0 unspecified atom stereocenters. The van der Waals surface area contributed by atoms with E-state index >= 15 is 0 Å². The van der Waals surface area contributed by atoms with Gasteiger partial charge in [0.2, 0.25) is 0 Å². The van der Waals surface area contributed by atoms with Gasteiger partial charge in [0.1, 0.15) is 0 Å². The molecule has 1 N–H and O–H groups in total. The lowest BCUT2D eigenvalue weighted by molar-refractivity contribution is 0.166. The molecule has 1 aliphatic heterocycles. The molecule has 1 aliphatic rings. The second-order valence-electron chi connectivity index (χ2n) is 4.27. The zero-order chi connectivity index (χ0) is 10.6. The van der Waals surface area contributed by atoms with Gasteiger partial charge in [0.15, 0.2) is 0 Å². The Morgan fingerprint density at radius 1 is 1.64 bits per heavy atom. The first-order chi connectivity index (χ1) is 6.61. The van der Waals surface area contributed by atoms with Crippen LogP contribution in [0.25, 0.3) is 0 Å². The Labute approximate surface area is 85.6 Å². The Hall–Kier alpha value is -0.770. The van der Waals surface area contributed by atoms with Gasteiger partial charge in [-0.25, -0.2) is 4.79 Å². The predicted molar refractivity (Wildman–Crippen MR) is 55.2 cm³/mol. The van der Waals surface area contributed by atoms with E-state index in [0.717, 1.165) is 26.1 Å². The Morgan fingerprint density at radius 2 is 2.36 bits per heavy atom. The van der Waals surface area contributed by atoms with Crippen LogP contribution in [0.1, 0.15) is 20.3 Å². The van der Waals surface area contributed by atoms with Crippen LogP contribution in [0.2, 0.25) is 0 Å². The summed E-state index contributed by atoms with van der Waals surface area (Å²) in [6, 6.07) is 0.265. The third kappa shape index (κ3) is 3.54. The van der Waals surface area contributed by atoms with Crippen molar-refractivity contribution in [3.05, 3.63) is 0 Å². The highest BCUT2D eigenvalue weighted by atomic mass is 16.5. The molecule has 0 bridgehead atoms. The lowest BCUT2D eigenvalue weighted by Gasteiger charge is -2.18. The van der Waals surface area contributed by atoms with Gasteiger partial charge in [0.05, 0.1) is 7.11 Å². The van der Waals surface area contributed by atoms with Crippen LogP contribution < -0.4 is 5.32 Å². The quantitative estimate of drug-likeness (QED) is 0.741. The molecule has 1 heterocycles. The summed E-state index contributed by atoms with van der Waals surface area (Å²) in [6.07, 6.45) is 0.711. The van der Waals surface area contributed by atoms with E-state index in [2.05, 4.69) is 28.8 Å². The van der Waals surface area contributed by atoms with Gasteiger partial charge in [-0.3, -0.25) is 0 Å². The second kappa shape index (κ2) is 5.20. The number of nitrogens with one attached hydrogen (secondary N) is 1. The average molecular weight is 200 g/mol. The van der Waals surface area contributed by atoms with Gasteiger partial charge in [0, 0.05) is 25.7 Å².